The van der Waals surface area contributed by atoms with E-state index in [0.29, 0.717) is 39.4 Å². The first-order valence-electron chi connectivity index (χ1n) is 9.28. The number of benzene rings is 1. The van der Waals surface area contributed by atoms with Gasteiger partial charge in [-0.15, -0.1) is 0 Å². The molecule has 1 aromatic carbocycles. The van der Waals surface area contributed by atoms with E-state index in [1.807, 2.05) is 0 Å². The molecule has 2 aliphatic heterocycles. The summed E-state index contributed by atoms with van der Waals surface area (Å²) in [5.74, 6) is -0.964. The van der Waals surface area contributed by atoms with E-state index in [1.165, 1.54) is 22.5 Å². The van der Waals surface area contributed by atoms with E-state index in [4.69, 9.17) is 15.2 Å². The number of nitrogens with two attached hydrogens (primary N) is 1. The first kappa shape index (κ1) is 20.6. The van der Waals surface area contributed by atoms with Crippen molar-refractivity contribution in [3.05, 3.63) is 23.8 Å². The van der Waals surface area contributed by atoms with Gasteiger partial charge in [0.2, 0.25) is 10.0 Å². The van der Waals surface area contributed by atoms with Gasteiger partial charge in [0.15, 0.2) is 6.10 Å². The van der Waals surface area contributed by atoms with Gasteiger partial charge in [0.25, 0.3) is 11.8 Å². The van der Waals surface area contributed by atoms with Crippen molar-refractivity contribution in [3.8, 4) is 5.75 Å². The zero-order valence-corrected chi connectivity index (χ0v) is 16.6. The topological polar surface area (TPSA) is 119 Å². The molecule has 154 valence electrons. The SMILES string of the molecule is CC(Oc1ccc(S(=O)(=O)N2CCCC2)cc1C(N)=O)C(=O)N1CCOCC1. The summed E-state index contributed by atoms with van der Waals surface area (Å²) >= 11 is 0. The summed E-state index contributed by atoms with van der Waals surface area (Å²) in [6.07, 6.45) is 0.770. The van der Waals surface area contributed by atoms with Crippen LogP contribution in [0.1, 0.15) is 30.1 Å². The Hall–Kier alpha value is -2.17. The summed E-state index contributed by atoms with van der Waals surface area (Å²) in [4.78, 5) is 26.0. The molecule has 0 aliphatic carbocycles. The van der Waals surface area contributed by atoms with Gasteiger partial charge in [-0.05, 0) is 38.0 Å². The van der Waals surface area contributed by atoms with Crippen molar-refractivity contribution in [3.63, 3.8) is 0 Å². The van der Waals surface area contributed by atoms with Gasteiger partial charge in [0.05, 0.1) is 23.7 Å². The van der Waals surface area contributed by atoms with Crippen LogP contribution >= 0.6 is 0 Å². The summed E-state index contributed by atoms with van der Waals surface area (Å²) in [6, 6.07) is 3.98. The maximum atomic E-state index is 12.7. The smallest absolute Gasteiger partial charge is 0.263 e. The van der Waals surface area contributed by atoms with Crippen LogP contribution in [0.2, 0.25) is 0 Å². The summed E-state index contributed by atoms with van der Waals surface area (Å²) in [7, 11) is -3.69. The average Bonchev–Trinajstić information content (AvgIpc) is 3.23. The second-order valence-electron chi connectivity index (χ2n) is 6.83. The van der Waals surface area contributed by atoms with Crippen LogP contribution < -0.4 is 10.5 Å². The first-order valence-corrected chi connectivity index (χ1v) is 10.7. The molecule has 0 spiro atoms. The largest absolute Gasteiger partial charge is 0.480 e. The van der Waals surface area contributed by atoms with Crippen LogP contribution in [0.15, 0.2) is 23.1 Å². The molecule has 2 N–H and O–H groups in total. The summed E-state index contributed by atoms with van der Waals surface area (Å²) in [5, 5.41) is 0. The van der Waals surface area contributed by atoms with Gasteiger partial charge >= 0.3 is 0 Å². The lowest BCUT2D eigenvalue weighted by Crippen LogP contribution is -2.46. The molecular formula is C18H25N3O6S. The molecule has 2 heterocycles. The van der Waals surface area contributed by atoms with Crippen LogP contribution in [-0.4, -0.2) is 74.9 Å². The lowest BCUT2D eigenvalue weighted by Gasteiger charge is -2.29. The monoisotopic (exact) mass is 411 g/mol. The van der Waals surface area contributed by atoms with Gasteiger partial charge in [0, 0.05) is 26.2 Å². The molecule has 3 rings (SSSR count). The lowest BCUT2D eigenvalue weighted by atomic mass is 10.2. The Morgan fingerprint density at radius 1 is 1.14 bits per heavy atom. The Labute approximate surface area is 164 Å². The minimum absolute atomic E-state index is 0.0114. The predicted molar refractivity (Wildman–Crippen MR) is 100 cm³/mol. The van der Waals surface area contributed by atoms with Crippen LogP contribution in [0, 0.1) is 0 Å². The first-order chi connectivity index (χ1) is 13.3. The van der Waals surface area contributed by atoms with Gasteiger partial charge in [-0.1, -0.05) is 0 Å². The molecule has 0 aromatic heterocycles. The van der Waals surface area contributed by atoms with Gasteiger partial charge in [-0.2, -0.15) is 4.31 Å². The molecule has 0 radical (unpaired) electrons. The fourth-order valence-corrected chi connectivity index (χ4v) is 4.87. The predicted octanol–water partition coefficient (Wildman–Crippen LogP) is 0.196. The van der Waals surface area contributed by atoms with E-state index in [0.717, 1.165) is 12.8 Å². The van der Waals surface area contributed by atoms with Gasteiger partial charge < -0.3 is 20.1 Å². The van der Waals surface area contributed by atoms with Crippen molar-refractivity contribution in [1.82, 2.24) is 9.21 Å². The van der Waals surface area contributed by atoms with Gasteiger partial charge in [-0.25, -0.2) is 8.42 Å². The van der Waals surface area contributed by atoms with Crippen molar-refractivity contribution >= 4 is 21.8 Å². The summed E-state index contributed by atoms with van der Waals surface area (Å²) in [5.41, 5.74) is 5.37. The number of primary amides is 1. The van der Waals surface area contributed by atoms with E-state index in [9.17, 15) is 18.0 Å². The molecule has 0 saturated carbocycles. The normalized spacial score (nSPS) is 19.4. The zero-order valence-electron chi connectivity index (χ0n) is 15.8. The minimum Gasteiger partial charge on any atom is -0.480 e. The molecule has 2 fully saturated rings. The van der Waals surface area contributed by atoms with E-state index < -0.39 is 22.0 Å². The van der Waals surface area contributed by atoms with Crippen molar-refractivity contribution in [2.45, 2.75) is 30.8 Å². The number of ether oxygens (including phenoxy) is 2. The molecular weight excluding hydrogens is 386 g/mol. The van der Waals surface area contributed by atoms with Crippen molar-refractivity contribution < 1.29 is 27.5 Å². The molecule has 1 unspecified atom stereocenters. The minimum atomic E-state index is -3.69. The number of hydrogen-bond donors (Lipinski definition) is 1. The Morgan fingerprint density at radius 3 is 2.39 bits per heavy atom. The van der Waals surface area contributed by atoms with E-state index >= 15 is 0 Å². The van der Waals surface area contributed by atoms with Gasteiger partial charge in [-0.3, -0.25) is 9.59 Å². The zero-order chi connectivity index (χ0) is 20.3. The molecule has 0 bridgehead atoms. The summed E-state index contributed by atoms with van der Waals surface area (Å²) < 4.78 is 37.7. The second kappa shape index (κ2) is 8.46. The molecule has 9 nitrogen and oxygen atoms in total. The molecule has 2 saturated heterocycles. The number of amides is 2. The number of sulfonamides is 1. The Bertz CT molecular complexity index is 845. The van der Waals surface area contributed by atoms with E-state index in [2.05, 4.69) is 0 Å². The highest BCUT2D eigenvalue weighted by molar-refractivity contribution is 7.89. The third-order valence-electron chi connectivity index (χ3n) is 4.89. The second-order valence-corrected chi connectivity index (χ2v) is 8.77. The molecule has 1 atom stereocenters. The number of carbonyl (C=O) groups excluding carboxylic acids is 2. The highest BCUT2D eigenvalue weighted by Gasteiger charge is 2.29. The third kappa shape index (κ3) is 4.29. The van der Waals surface area contributed by atoms with Crippen molar-refractivity contribution in [2.75, 3.05) is 39.4 Å². The maximum absolute atomic E-state index is 12.7. The van der Waals surface area contributed by atoms with Crippen LogP contribution in [0.3, 0.4) is 0 Å². The number of hydrogen-bond acceptors (Lipinski definition) is 6. The Kier molecular flexibility index (Phi) is 6.21. The van der Waals surface area contributed by atoms with Crippen molar-refractivity contribution in [2.24, 2.45) is 5.73 Å². The Balaban J connectivity index is 1.81. The standard InChI is InChI=1S/C18H25N3O6S/c1-13(18(23)20-8-10-26-11-9-20)27-16-5-4-14(12-15(16)17(19)22)28(24,25)21-6-2-3-7-21/h4-5,12-13H,2-3,6-11H2,1H3,(H2,19,22). The number of morpholine rings is 1. The molecule has 2 aliphatic rings. The highest BCUT2D eigenvalue weighted by atomic mass is 32.2. The maximum Gasteiger partial charge on any atom is 0.263 e. The highest BCUT2D eigenvalue weighted by Crippen LogP contribution is 2.27. The van der Waals surface area contributed by atoms with Crippen LogP contribution in [0.4, 0.5) is 0 Å². The van der Waals surface area contributed by atoms with Crippen LogP contribution in [0.25, 0.3) is 0 Å². The number of nitrogens with zero attached hydrogens (tertiary/aromatic N) is 2. The molecule has 10 heteroatoms. The Morgan fingerprint density at radius 2 is 1.79 bits per heavy atom. The molecule has 28 heavy (non-hydrogen) atoms. The third-order valence-corrected chi connectivity index (χ3v) is 6.79. The summed E-state index contributed by atoms with van der Waals surface area (Å²) in [6.45, 7) is 4.37. The molecule has 2 amide bonds. The lowest BCUT2D eigenvalue weighted by molar-refractivity contribution is -0.142. The van der Waals surface area contributed by atoms with Crippen molar-refractivity contribution in [1.29, 1.82) is 0 Å². The number of carbonyl (C=O) groups is 2. The average molecular weight is 411 g/mol. The van der Waals surface area contributed by atoms with E-state index in [-0.39, 0.29) is 22.1 Å². The fourth-order valence-electron chi connectivity index (χ4n) is 3.32. The van der Waals surface area contributed by atoms with E-state index in [1.54, 1.807) is 11.8 Å². The van der Waals surface area contributed by atoms with Crippen LogP contribution in [-0.2, 0) is 19.6 Å². The fraction of sp³-hybridized carbons (Fsp3) is 0.556. The number of rotatable bonds is 6. The van der Waals surface area contributed by atoms with Crippen LogP contribution in [0.5, 0.6) is 5.75 Å². The molecule has 1 aromatic rings. The quantitative estimate of drug-likeness (QED) is 0.714. The van der Waals surface area contributed by atoms with Gasteiger partial charge in [0.1, 0.15) is 5.75 Å².